The zero-order valence-corrected chi connectivity index (χ0v) is 49.1. The Hall–Kier alpha value is -6.67. The van der Waals surface area contributed by atoms with Gasteiger partial charge in [0.2, 0.25) is 47.3 Å². The van der Waals surface area contributed by atoms with Crippen molar-refractivity contribution in [3.63, 3.8) is 0 Å². The molecule has 8 amide bonds. The molecule has 20 nitrogen and oxygen atoms in total. The second kappa shape index (κ2) is 33.0. The van der Waals surface area contributed by atoms with Crippen LogP contribution in [0.25, 0.3) is 0 Å². The number of esters is 1. The monoisotopic (exact) mass is 1100 g/mol. The highest BCUT2D eigenvalue weighted by Crippen LogP contribution is 2.20. The molecule has 0 saturated carbocycles. The first-order valence-corrected chi connectivity index (χ1v) is 27.7. The van der Waals surface area contributed by atoms with E-state index in [1.807, 2.05) is 77.9 Å². The Morgan fingerprint density at radius 2 is 1.18 bits per heavy atom. The van der Waals surface area contributed by atoms with Crippen LogP contribution in [0.4, 0.5) is 0 Å². The number of benzene rings is 2. The van der Waals surface area contributed by atoms with Crippen LogP contribution in [0.3, 0.4) is 0 Å². The molecule has 0 aromatic heterocycles. The Bertz CT molecular complexity index is 2330. The number of ether oxygens (including phenoxy) is 2. The second-order valence-electron chi connectivity index (χ2n) is 21.9. The van der Waals surface area contributed by atoms with Crippen LogP contribution < -0.4 is 21.3 Å². The molecule has 1 fully saturated rings. The molecular formula is C59H91N9O11. The molecule has 2 aromatic rings. The van der Waals surface area contributed by atoms with Gasteiger partial charge in [-0.05, 0) is 81.9 Å². The number of rotatable bonds is 31. The van der Waals surface area contributed by atoms with Crippen LogP contribution in [0.1, 0.15) is 105 Å². The third-order valence-electron chi connectivity index (χ3n) is 14.3. The third kappa shape index (κ3) is 20.8. The summed E-state index contributed by atoms with van der Waals surface area (Å²) < 4.78 is 11.3. The largest absolute Gasteiger partial charge is 0.460 e. The van der Waals surface area contributed by atoms with Gasteiger partial charge in [0.15, 0.2) is 0 Å². The van der Waals surface area contributed by atoms with E-state index in [1.54, 1.807) is 43.1 Å². The number of carbonyl (C=O) groups is 9. The van der Waals surface area contributed by atoms with Crippen molar-refractivity contribution in [2.45, 2.75) is 155 Å². The van der Waals surface area contributed by atoms with Crippen LogP contribution in [0.5, 0.6) is 0 Å². The van der Waals surface area contributed by atoms with Crippen molar-refractivity contribution in [1.29, 1.82) is 0 Å². The summed E-state index contributed by atoms with van der Waals surface area (Å²) in [6.45, 7) is 18.6. The fourth-order valence-corrected chi connectivity index (χ4v) is 9.44. The number of likely N-dealkylation sites (tertiary alicyclic amines) is 1. The Balaban J connectivity index is 1.95. The minimum Gasteiger partial charge on any atom is -0.460 e. The average Bonchev–Trinajstić information content (AvgIpc) is 3.43. The first-order valence-electron chi connectivity index (χ1n) is 27.7. The molecule has 0 bridgehead atoms. The van der Waals surface area contributed by atoms with Gasteiger partial charge >= 0.3 is 5.97 Å². The van der Waals surface area contributed by atoms with E-state index in [1.165, 1.54) is 55.9 Å². The molecule has 438 valence electrons. The van der Waals surface area contributed by atoms with Crippen molar-refractivity contribution in [1.82, 2.24) is 45.8 Å². The number of carbonyl (C=O) groups excluding carboxylic acids is 9. The summed E-state index contributed by atoms with van der Waals surface area (Å²) >= 11 is 0. The molecule has 0 aliphatic carbocycles. The third-order valence-corrected chi connectivity index (χ3v) is 14.3. The Morgan fingerprint density at radius 1 is 0.633 bits per heavy atom. The first kappa shape index (κ1) is 66.6. The fraction of sp³-hybridized carbons (Fsp3) is 0.610. The summed E-state index contributed by atoms with van der Waals surface area (Å²) in [6.07, 6.45) is 2.97. The van der Waals surface area contributed by atoms with Crippen molar-refractivity contribution in [3.05, 3.63) is 84.4 Å². The molecule has 1 saturated heterocycles. The van der Waals surface area contributed by atoms with E-state index in [0.717, 1.165) is 29.7 Å². The Morgan fingerprint density at radius 3 is 1.72 bits per heavy atom. The van der Waals surface area contributed by atoms with Gasteiger partial charge in [0, 0.05) is 47.7 Å². The maximum absolute atomic E-state index is 14.9. The molecule has 4 N–H and O–H groups in total. The lowest BCUT2D eigenvalue weighted by molar-refractivity contribution is -0.151. The summed E-state index contributed by atoms with van der Waals surface area (Å²) in [5.41, 5.74) is 1.53. The van der Waals surface area contributed by atoms with E-state index in [2.05, 4.69) is 27.8 Å². The predicted octanol–water partition coefficient (Wildman–Crippen LogP) is 3.72. The molecule has 8 atom stereocenters. The average molecular weight is 1100 g/mol. The lowest BCUT2D eigenvalue weighted by Crippen LogP contribution is -2.61. The number of nitrogens with zero attached hydrogens (tertiary/aromatic N) is 5. The van der Waals surface area contributed by atoms with Gasteiger partial charge < -0.3 is 55.2 Å². The smallest absolute Gasteiger partial charge is 0.325 e. The minimum atomic E-state index is -1.31. The highest BCUT2D eigenvalue weighted by Gasteiger charge is 2.40. The molecule has 0 unspecified atom stereocenters. The van der Waals surface area contributed by atoms with Crippen molar-refractivity contribution in [2.75, 3.05) is 61.5 Å². The van der Waals surface area contributed by atoms with Crippen molar-refractivity contribution < 1.29 is 52.6 Å². The maximum atomic E-state index is 14.9. The molecule has 20 heteroatoms. The van der Waals surface area contributed by atoms with Gasteiger partial charge in [-0.1, -0.05) is 115 Å². The Labute approximate surface area is 469 Å². The summed E-state index contributed by atoms with van der Waals surface area (Å²) in [5, 5.41) is 11.6. The summed E-state index contributed by atoms with van der Waals surface area (Å²) in [6, 6.07) is 10.5. The molecule has 1 aliphatic heterocycles. The van der Waals surface area contributed by atoms with E-state index >= 15 is 0 Å². The number of nitrogens with one attached hydrogen (secondary N) is 4. The summed E-state index contributed by atoms with van der Waals surface area (Å²) in [7, 11) is 7.41. The zero-order valence-electron chi connectivity index (χ0n) is 49.1. The SMILES string of the molecule is C=CCOC(=O)CN(C)C(=O)[C@@H](NC(=O)[C@H](CC(C)C)N(C)C(=O)[C@H](CC(C)C)NC(=O)[C@H](Cc1ccccc1)N(C)C(=O)[C@H](C)N(C)C(=O)C[C@H](NC(=O)[C@@H](NC)C(C)C)C(=O)N1CCCCC1)[C@@H](C)OCc1ccccc1. The van der Waals surface area contributed by atoms with Gasteiger partial charge in [-0.25, -0.2) is 0 Å². The summed E-state index contributed by atoms with van der Waals surface area (Å²) in [4.78, 5) is 134. The van der Waals surface area contributed by atoms with Crippen molar-refractivity contribution in [3.8, 4) is 0 Å². The van der Waals surface area contributed by atoms with Crippen LogP contribution in [0, 0.1) is 17.8 Å². The van der Waals surface area contributed by atoms with Gasteiger partial charge in [0.05, 0.1) is 25.2 Å². The number of hydrogen-bond acceptors (Lipinski definition) is 12. The van der Waals surface area contributed by atoms with Gasteiger partial charge in [-0.3, -0.25) is 43.2 Å². The minimum absolute atomic E-state index is 0.0252. The molecule has 3 rings (SSSR count). The van der Waals surface area contributed by atoms with E-state index in [4.69, 9.17) is 9.47 Å². The van der Waals surface area contributed by atoms with E-state index < -0.39 is 109 Å². The van der Waals surface area contributed by atoms with E-state index in [0.29, 0.717) is 18.7 Å². The molecule has 1 heterocycles. The van der Waals surface area contributed by atoms with Crippen LogP contribution in [-0.2, 0) is 65.7 Å². The fourth-order valence-electron chi connectivity index (χ4n) is 9.44. The van der Waals surface area contributed by atoms with Crippen molar-refractivity contribution in [2.24, 2.45) is 17.8 Å². The lowest BCUT2D eigenvalue weighted by atomic mass is 9.97. The van der Waals surface area contributed by atoms with Gasteiger partial charge in [0.1, 0.15) is 49.4 Å². The van der Waals surface area contributed by atoms with Crippen LogP contribution in [0.15, 0.2) is 73.3 Å². The maximum Gasteiger partial charge on any atom is 0.325 e. The molecular weight excluding hydrogens is 1010 g/mol. The van der Waals surface area contributed by atoms with E-state index in [9.17, 15) is 43.2 Å². The molecule has 0 radical (unpaired) electrons. The van der Waals surface area contributed by atoms with Gasteiger partial charge in [-0.2, -0.15) is 0 Å². The highest BCUT2D eigenvalue weighted by atomic mass is 16.5. The molecule has 0 spiro atoms. The van der Waals surface area contributed by atoms with Gasteiger partial charge in [-0.15, -0.1) is 0 Å². The van der Waals surface area contributed by atoms with Crippen LogP contribution >= 0.6 is 0 Å². The predicted molar refractivity (Wildman–Crippen MR) is 302 cm³/mol. The first-order chi connectivity index (χ1) is 37.3. The highest BCUT2D eigenvalue weighted by molar-refractivity contribution is 5.98. The van der Waals surface area contributed by atoms with E-state index in [-0.39, 0.29) is 56.1 Å². The number of likely N-dealkylation sites (N-methyl/N-ethyl adjacent to an activating group) is 5. The Kier molecular flexibility index (Phi) is 27.9. The number of hydrogen-bond donors (Lipinski definition) is 4. The normalized spacial score (nSPS) is 15.5. The molecule has 79 heavy (non-hydrogen) atoms. The number of amides is 8. The van der Waals surface area contributed by atoms with Gasteiger partial charge in [0.25, 0.3) is 0 Å². The lowest BCUT2D eigenvalue weighted by Gasteiger charge is -2.36. The van der Waals surface area contributed by atoms with Crippen LogP contribution in [-0.4, -0.2) is 188 Å². The summed E-state index contributed by atoms with van der Waals surface area (Å²) in [5.74, 6) is -5.64. The number of piperidine rings is 1. The van der Waals surface area contributed by atoms with Crippen LogP contribution in [0.2, 0.25) is 0 Å². The quantitative estimate of drug-likeness (QED) is 0.0625. The van der Waals surface area contributed by atoms with Crippen molar-refractivity contribution >= 4 is 53.2 Å². The topological polar surface area (TPSA) is 236 Å². The molecule has 2 aromatic carbocycles. The standard InChI is InChI=1S/C59H91N9O11/c1-15-31-78-50(70)36-64(11)59(77)52(42(9)79-37-44-27-21-17-22-28-44)63-54(72)47(33-39(4)5)67(14)57(75)45(32-38(2)3)61-53(71)48(34-43-25-19-16-20-26-43)66(13)56(74)41(8)65(12)49(69)35-46(58(76)68-29-23-18-24-30-68)62-55(73)51(60-10)40(6)7/h15-17,19-22,25-28,38-42,45-48,51-52,60H,1,18,23-24,29-37H2,2-14H3,(H,61,71)(H,62,73)(H,63,72)/t41-,42+,45-,46-,47-,48-,51-,52-/m0/s1. The second-order valence-corrected chi connectivity index (χ2v) is 21.9. The molecule has 1 aliphatic rings. The zero-order chi connectivity index (χ0) is 59.1.